The van der Waals surface area contributed by atoms with Gasteiger partial charge in [-0.05, 0) is 36.5 Å². The number of methoxy groups -OCH3 is 2. The van der Waals surface area contributed by atoms with Crippen LogP contribution in [0.1, 0.15) is 45.6 Å². The van der Waals surface area contributed by atoms with Crippen molar-refractivity contribution in [1.29, 1.82) is 0 Å². The molecule has 0 atom stereocenters. The summed E-state index contributed by atoms with van der Waals surface area (Å²) in [5, 5.41) is 3.03. The van der Waals surface area contributed by atoms with E-state index in [1.807, 2.05) is 37.8 Å². The Kier molecular flexibility index (Phi) is 7.11. The van der Waals surface area contributed by atoms with Crippen LogP contribution >= 0.6 is 0 Å². The van der Waals surface area contributed by atoms with E-state index < -0.39 is 5.41 Å². The molecule has 6 heteroatoms. The smallest absolute Gasteiger partial charge is 0.226 e. The number of carbonyl (C=O) groups excluding carboxylic acids is 2. The van der Waals surface area contributed by atoms with E-state index in [0.717, 1.165) is 5.56 Å². The molecule has 0 aliphatic carbocycles. The van der Waals surface area contributed by atoms with Crippen LogP contribution < -0.4 is 14.8 Å². The molecule has 0 aromatic heterocycles. The topological polar surface area (TPSA) is 67.9 Å². The minimum Gasteiger partial charge on any atom is -0.497 e. The van der Waals surface area contributed by atoms with Gasteiger partial charge in [-0.2, -0.15) is 0 Å². The van der Waals surface area contributed by atoms with E-state index in [2.05, 4.69) is 5.32 Å². The molecular weight excluding hydrogens is 344 g/mol. The lowest BCUT2D eigenvalue weighted by Crippen LogP contribution is -2.48. The van der Waals surface area contributed by atoms with Crippen LogP contribution in [0, 0.1) is 11.3 Å². The predicted octanol–water partition coefficient (Wildman–Crippen LogP) is 2.99. The molecule has 1 aliphatic heterocycles. The van der Waals surface area contributed by atoms with Crippen molar-refractivity contribution >= 4 is 11.8 Å². The summed E-state index contributed by atoms with van der Waals surface area (Å²) < 4.78 is 10.5. The monoisotopic (exact) mass is 376 g/mol. The van der Waals surface area contributed by atoms with Crippen LogP contribution in [0.4, 0.5) is 0 Å². The lowest BCUT2D eigenvalue weighted by molar-refractivity contribution is -0.140. The van der Waals surface area contributed by atoms with Crippen LogP contribution in [0.25, 0.3) is 0 Å². The molecule has 0 unspecified atom stereocenters. The number of carbonyl (C=O) groups is 2. The molecule has 1 fully saturated rings. The zero-order valence-corrected chi connectivity index (χ0v) is 17.1. The fourth-order valence-electron chi connectivity index (χ4n) is 3.32. The van der Waals surface area contributed by atoms with E-state index in [9.17, 15) is 9.59 Å². The van der Waals surface area contributed by atoms with Gasteiger partial charge in [-0.3, -0.25) is 9.59 Å². The molecule has 0 radical (unpaired) electrons. The van der Waals surface area contributed by atoms with Crippen molar-refractivity contribution in [2.24, 2.45) is 11.3 Å². The Bertz CT molecular complexity index is 642. The number of amides is 2. The first-order valence-electron chi connectivity index (χ1n) is 9.55. The number of nitrogens with one attached hydrogen (secondary N) is 1. The fourth-order valence-corrected chi connectivity index (χ4v) is 3.32. The van der Waals surface area contributed by atoms with Crippen LogP contribution in [-0.2, 0) is 16.1 Å². The molecule has 27 heavy (non-hydrogen) atoms. The number of nitrogens with zero attached hydrogens (tertiary/aromatic N) is 1. The van der Waals surface area contributed by atoms with Crippen molar-refractivity contribution in [3.8, 4) is 11.5 Å². The Labute approximate surface area is 162 Å². The second-order valence-electron chi connectivity index (χ2n) is 7.94. The maximum absolute atomic E-state index is 12.8. The summed E-state index contributed by atoms with van der Waals surface area (Å²) >= 11 is 0. The first-order valence-corrected chi connectivity index (χ1v) is 9.55. The van der Waals surface area contributed by atoms with E-state index in [1.54, 1.807) is 20.3 Å². The summed E-state index contributed by atoms with van der Waals surface area (Å²) in [6.07, 6.45) is 1.94. The third-order valence-corrected chi connectivity index (χ3v) is 5.22. The third kappa shape index (κ3) is 5.62. The van der Waals surface area contributed by atoms with Crippen molar-refractivity contribution in [3.63, 3.8) is 0 Å². The Morgan fingerprint density at radius 2 is 1.67 bits per heavy atom. The Balaban J connectivity index is 1.92. The highest BCUT2D eigenvalue weighted by atomic mass is 16.5. The van der Waals surface area contributed by atoms with Crippen LogP contribution in [-0.4, -0.2) is 44.0 Å². The number of piperidine rings is 1. The lowest BCUT2D eigenvalue weighted by Gasteiger charge is -2.38. The standard InChI is InChI=1S/C21H32N2O4/c1-15(2)10-19(24)23-8-6-21(3,7-9-23)20(25)22-14-16-11-17(26-4)13-18(12-16)27-5/h11-13,15H,6-10,14H2,1-5H3,(H,22,25). The molecule has 1 heterocycles. The summed E-state index contributed by atoms with van der Waals surface area (Å²) in [5.74, 6) is 1.97. The molecule has 0 bridgehead atoms. The predicted molar refractivity (Wildman–Crippen MR) is 105 cm³/mol. The van der Waals surface area contributed by atoms with Crippen LogP contribution in [0.3, 0.4) is 0 Å². The van der Waals surface area contributed by atoms with Gasteiger partial charge in [0, 0.05) is 37.5 Å². The highest BCUT2D eigenvalue weighted by Crippen LogP contribution is 2.32. The molecule has 1 aromatic carbocycles. The molecule has 2 rings (SSSR count). The Morgan fingerprint density at radius 3 is 2.15 bits per heavy atom. The fraction of sp³-hybridized carbons (Fsp3) is 0.619. The van der Waals surface area contributed by atoms with Gasteiger partial charge < -0.3 is 19.7 Å². The number of hydrogen-bond donors (Lipinski definition) is 1. The zero-order valence-electron chi connectivity index (χ0n) is 17.1. The Morgan fingerprint density at radius 1 is 1.11 bits per heavy atom. The Hall–Kier alpha value is -2.24. The van der Waals surface area contributed by atoms with Gasteiger partial charge in [0.2, 0.25) is 11.8 Å². The van der Waals surface area contributed by atoms with E-state index >= 15 is 0 Å². The van der Waals surface area contributed by atoms with E-state index in [0.29, 0.717) is 56.3 Å². The molecule has 1 aliphatic rings. The number of rotatable bonds is 7. The van der Waals surface area contributed by atoms with Gasteiger partial charge in [-0.1, -0.05) is 20.8 Å². The number of benzene rings is 1. The first kappa shape index (κ1) is 21.1. The summed E-state index contributed by atoms with van der Waals surface area (Å²) in [5.41, 5.74) is 0.477. The molecule has 1 saturated heterocycles. The molecule has 1 N–H and O–H groups in total. The van der Waals surface area contributed by atoms with Crippen molar-refractivity contribution in [2.45, 2.75) is 46.6 Å². The molecular formula is C21H32N2O4. The normalized spacial score (nSPS) is 16.1. The average Bonchev–Trinajstić information content (AvgIpc) is 2.65. The summed E-state index contributed by atoms with van der Waals surface area (Å²) in [7, 11) is 3.21. The van der Waals surface area contributed by atoms with Gasteiger partial charge in [0.25, 0.3) is 0 Å². The van der Waals surface area contributed by atoms with Gasteiger partial charge in [0.05, 0.1) is 14.2 Å². The molecule has 6 nitrogen and oxygen atoms in total. The van der Waals surface area contributed by atoms with Crippen LogP contribution in [0.15, 0.2) is 18.2 Å². The maximum Gasteiger partial charge on any atom is 0.226 e. The van der Waals surface area contributed by atoms with E-state index in [1.165, 1.54) is 0 Å². The van der Waals surface area contributed by atoms with Crippen LogP contribution in [0.5, 0.6) is 11.5 Å². The minimum absolute atomic E-state index is 0.0280. The van der Waals surface area contributed by atoms with Gasteiger partial charge >= 0.3 is 0 Å². The molecule has 1 aromatic rings. The number of ether oxygens (including phenoxy) is 2. The van der Waals surface area contributed by atoms with E-state index in [4.69, 9.17) is 9.47 Å². The zero-order chi connectivity index (χ0) is 20.0. The average molecular weight is 376 g/mol. The minimum atomic E-state index is -0.447. The number of hydrogen-bond acceptors (Lipinski definition) is 4. The van der Waals surface area contributed by atoms with Crippen molar-refractivity contribution in [2.75, 3.05) is 27.3 Å². The molecule has 2 amide bonds. The van der Waals surface area contributed by atoms with Crippen molar-refractivity contribution in [3.05, 3.63) is 23.8 Å². The molecule has 0 spiro atoms. The largest absolute Gasteiger partial charge is 0.497 e. The molecule has 0 saturated carbocycles. The third-order valence-electron chi connectivity index (χ3n) is 5.22. The van der Waals surface area contributed by atoms with Crippen molar-refractivity contribution in [1.82, 2.24) is 10.2 Å². The summed E-state index contributed by atoms with van der Waals surface area (Å²) in [6.45, 7) is 7.78. The number of likely N-dealkylation sites (tertiary alicyclic amines) is 1. The first-order chi connectivity index (χ1) is 12.8. The highest BCUT2D eigenvalue weighted by Gasteiger charge is 2.37. The van der Waals surface area contributed by atoms with Crippen molar-refractivity contribution < 1.29 is 19.1 Å². The van der Waals surface area contributed by atoms with Crippen LogP contribution in [0.2, 0.25) is 0 Å². The second-order valence-corrected chi connectivity index (χ2v) is 7.94. The second kappa shape index (κ2) is 9.11. The summed E-state index contributed by atoms with van der Waals surface area (Å²) in [4.78, 5) is 26.9. The molecule has 150 valence electrons. The lowest BCUT2D eigenvalue weighted by atomic mass is 9.79. The van der Waals surface area contributed by atoms with Gasteiger partial charge in [0.15, 0.2) is 0 Å². The van der Waals surface area contributed by atoms with Gasteiger partial charge in [-0.15, -0.1) is 0 Å². The quantitative estimate of drug-likeness (QED) is 0.794. The van der Waals surface area contributed by atoms with Gasteiger partial charge in [0.1, 0.15) is 11.5 Å². The van der Waals surface area contributed by atoms with Gasteiger partial charge in [-0.25, -0.2) is 0 Å². The summed E-state index contributed by atoms with van der Waals surface area (Å²) in [6, 6.07) is 5.58. The maximum atomic E-state index is 12.8. The highest BCUT2D eigenvalue weighted by molar-refractivity contribution is 5.83. The SMILES string of the molecule is COc1cc(CNC(=O)C2(C)CCN(C(=O)CC(C)C)CC2)cc(OC)c1. The van der Waals surface area contributed by atoms with E-state index in [-0.39, 0.29) is 11.8 Å².